The molecule has 0 bridgehead atoms. The fraction of sp³-hybridized carbons (Fsp3) is 0.333. The molecule has 0 aliphatic heterocycles. The zero-order valence-electron chi connectivity index (χ0n) is 17.9. The van der Waals surface area contributed by atoms with Crippen LogP contribution in [0.5, 0.6) is 11.5 Å². The Hall–Kier alpha value is -3.28. The zero-order chi connectivity index (χ0) is 21.5. The quantitative estimate of drug-likeness (QED) is 0.507. The van der Waals surface area contributed by atoms with Gasteiger partial charge in [-0.05, 0) is 38.5 Å². The molecule has 3 rings (SSSR count). The lowest BCUT2D eigenvalue weighted by Crippen LogP contribution is -2.28. The predicted molar refractivity (Wildman–Crippen MR) is 116 cm³/mol. The van der Waals surface area contributed by atoms with Gasteiger partial charge in [0.25, 0.3) is 5.91 Å². The van der Waals surface area contributed by atoms with Crippen LogP contribution in [-0.4, -0.2) is 42.8 Å². The predicted octanol–water partition coefficient (Wildman–Crippen LogP) is 4.84. The van der Waals surface area contributed by atoms with Gasteiger partial charge in [-0.1, -0.05) is 35.5 Å². The van der Waals surface area contributed by atoms with Gasteiger partial charge in [0.1, 0.15) is 11.5 Å². The number of rotatable bonds is 9. The van der Waals surface area contributed by atoms with E-state index in [-0.39, 0.29) is 12.0 Å². The van der Waals surface area contributed by atoms with E-state index in [1.165, 1.54) is 0 Å². The van der Waals surface area contributed by atoms with Gasteiger partial charge in [-0.3, -0.25) is 4.79 Å². The molecule has 30 heavy (non-hydrogen) atoms. The average Bonchev–Trinajstić information content (AvgIpc) is 3.22. The molecule has 0 saturated carbocycles. The smallest absolute Gasteiger partial charge is 0.253 e. The van der Waals surface area contributed by atoms with Crippen LogP contribution in [0.15, 0.2) is 59.1 Å². The summed E-state index contributed by atoms with van der Waals surface area (Å²) in [5.41, 5.74) is 2.42. The largest absolute Gasteiger partial charge is 0.493 e. The molecule has 1 heterocycles. The Morgan fingerprint density at radius 3 is 2.57 bits per heavy atom. The molecule has 0 N–H and O–H groups in total. The van der Waals surface area contributed by atoms with Crippen molar-refractivity contribution in [1.82, 2.24) is 10.1 Å². The minimum atomic E-state index is -0.0630. The van der Waals surface area contributed by atoms with Crippen molar-refractivity contribution in [1.29, 1.82) is 0 Å². The highest BCUT2D eigenvalue weighted by Crippen LogP contribution is 2.29. The van der Waals surface area contributed by atoms with E-state index in [2.05, 4.69) is 5.16 Å². The van der Waals surface area contributed by atoms with Crippen LogP contribution in [0.25, 0.3) is 11.3 Å². The number of carbonyl (C=O) groups excluding carboxylic acids is 1. The molecule has 0 saturated heterocycles. The standard InChI is InChI=1S/C24H28N2O4/c1-17(2)29-22-13-12-19(15-23(22)28-4)24(27)26(3)14-8-11-20-16-21(25-30-20)18-9-6-5-7-10-18/h5-7,9-10,12-13,15-17H,8,11,14H2,1-4H3. The lowest BCUT2D eigenvalue weighted by atomic mass is 10.1. The molecular formula is C24H28N2O4. The van der Waals surface area contributed by atoms with Crippen molar-refractivity contribution in [2.75, 3.05) is 20.7 Å². The lowest BCUT2D eigenvalue weighted by molar-refractivity contribution is 0.0792. The van der Waals surface area contributed by atoms with Crippen LogP contribution in [0, 0.1) is 0 Å². The number of carbonyl (C=O) groups is 1. The second-order valence-corrected chi connectivity index (χ2v) is 7.41. The van der Waals surface area contributed by atoms with E-state index in [0.717, 1.165) is 23.4 Å². The Kier molecular flexibility index (Phi) is 7.12. The van der Waals surface area contributed by atoms with Crippen LogP contribution >= 0.6 is 0 Å². The summed E-state index contributed by atoms with van der Waals surface area (Å²) in [5.74, 6) is 1.93. The third kappa shape index (κ3) is 5.41. The van der Waals surface area contributed by atoms with E-state index >= 15 is 0 Å². The van der Waals surface area contributed by atoms with E-state index < -0.39 is 0 Å². The van der Waals surface area contributed by atoms with Crippen molar-refractivity contribution < 1.29 is 18.8 Å². The van der Waals surface area contributed by atoms with Crippen LogP contribution in [0.1, 0.15) is 36.4 Å². The second-order valence-electron chi connectivity index (χ2n) is 7.41. The summed E-state index contributed by atoms with van der Waals surface area (Å²) in [6, 6.07) is 17.1. The van der Waals surface area contributed by atoms with Crippen LogP contribution < -0.4 is 9.47 Å². The molecule has 0 unspecified atom stereocenters. The number of nitrogens with zero attached hydrogens (tertiary/aromatic N) is 2. The minimum Gasteiger partial charge on any atom is -0.493 e. The number of aromatic nitrogens is 1. The van der Waals surface area contributed by atoms with Crippen molar-refractivity contribution in [3.63, 3.8) is 0 Å². The van der Waals surface area contributed by atoms with Gasteiger partial charge in [0.05, 0.1) is 13.2 Å². The summed E-state index contributed by atoms with van der Waals surface area (Å²) >= 11 is 0. The Bertz CT molecular complexity index is 966. The lowest BCUT2D eigenvalue weighted by Gasteiger charge is -2.18. The van der Waals surface area contributed by atoms with Crippen LogP contribution in [0.4, 0.5) is 0 Å². The first-order valence-electron chi connectivity index (χ1n) is 10.1. The maximum atomic E-state index is 12.8. The van der Waals surface area contributed by atoms with Gasteiger partial charge in [-0.25, -0.2) is 0 Å². The molecule has 0 radical (unpaired) electrons. The third-order valence-corrected chi connectivity index (χ3v) is 4.67. The maximum Gasteiger partial charge on any atom is 0.253 e. The van der Waals surface area contributed by atoms with Gasteiger partial charge < -0.3 is 18.9 Å². The minimum absolute atomic E-state index is 0.0293. The van der Waals surface area contributed by atoms with E-state index in [1.54, 1.807) is 37.3 Å². The van der Waals surface area contributed by atoms with Crippen molar-refractivity contribution >= 4 is 5.91 Å². The number of hydrogen-bond donors (Lipinski definition) is 0. The zero-order valence-corrected chi connectivity index (χ0v) is 17.9. The van der Waals surface area contributed by atoms with Gasteiger partial charge in [0.15, 0.2) is 11.5 Å². The molecule has 1 amide bonds. The number of hydrogen-bond acceptors (Lipinski definition) is 5. The molecule has 0 aliphatic carbocycles. The number of aryl methyl sites for hydroxylation is 1. The van der Waals surface area contributed by atoms with Crippen molar-refractivity contribution in [3.05, 3.63) is 65.9 Å². The highest BCUT2D eigenvalue weighted by Gasteiger charge is 2.16. The molecule has 3 aromatic rings. The molecule has 0 fully saturated rings. The monoisotopic (exact) mass is 408 g/mol. The number of amides is 1. The molecule has 0 spiro atoms. The van der Waals surface area contributed by atoms with E-state index in [1.807, 2.05) is 50.2 Å². The fourth-order valence-corrected chi connectivity index (χ4v) is 3.14. The summed E-state index contributed by atoms with van der Waals surface area (Å²) in [5, 5.41) is 4.13. The van der Waals surface area contributed by atoms with Gasteiger partial charge in [0, 0.05) is 37.2 Å². The molecular weight excluding hydrogens is 380 g/mol. The normalized spacial score (nSPS) is 10.8. The number of ether oxygens (including phenoxy) is 2. The van der Waals surface area contributed by atoms with E-state index in [4.69, 9.17) is 14.0 Å². The Morgan fingerprint density at radius 2 is 1.87 bits per heavy atom. The van der Waals surface area contributed by atoms with Crippen LogP contribution in [0.3, 0.4) is 0 Å². The average molecular weight is 408 g/mol. The molecule has 2 aromatic carbocycles. The topological polar surface area (TPSA) is 64.8 Å². The molecule has 0 atom stereocenters. The molecule has 6 nitrogen and oxygen atoms in total. The highest BCUT2D eigenvalue weighted by atomic mass is 16.5. The fourth-order valence-electron chi connectivity index (χ4n) is 3.14. The summed E-state index contributed by atoms with van der Waals surface area (Å²) in [6.07, 6.45) is 1.51. The highest BCUT2D eigenvalue weighted by molar-refractivity contribution is 5.94. The van der Waals surface area contributed by atoms with Crippen LogP contribution in [-0.2, 0) is 6.42 Å². The SMILES string of the molecule is COc1cc(C(=O)N(C)CCCc2cc(-c3ccccc3)no2)ccc1OC(C)C. The molecule has 6 heteroatoms. The van der Waals surface area contributed by atoms with Crippen LogP contribution in [0.2, 0.25) is 0 Å². The van der Waals surface area contributed by atoms with Crippen molar-refractivity contribution in [2.24, 2.45) is 0 Å². The van der Waals surface area contributed by atoms with Gasteiger partial charge in [-0.15, -0.1) is 0 Å². The van der Waals surface area contributed by atoms with Crippen molar-refractivity contribution in [2.45, 2.75) is 32.8 Å². The molecule has 158 valence electrons. The molecule has 1 aromatic heterocycles. The first-order valence-corrected chi connectivity index (χ1v) is 10.1. The third-order valence-electron chi connectivity index (χ3n) is 4.67. The van der Waals surface area contributed by atoms with Gasteiger partial charge in [0.2, 0.25) is 0 Å². The maximum absolute atomic E-state index is 12.8. The summed E-state index contributed by atoms with van der Waals surface area (Å²) in [4.78, 5) is 14.5. The summed E-state index contributed by atoms with van der Waals surface area (Å²) in [7, 11) is 3.37. The number of methoxy groups -OCH3 is 1. The molecule has 0 aliphatic rings. The summed E-state index contributed by atoms with van der Waals surface area (Å²) in [6.45, 7) is 4.50. The second kappa shape index (κ2) is 9.96. The van der Waals surface area contributed by atoms with Crippen molar-refractivity contribution in [3.8, 4) is 22.8 Å². The summed E-state index contributed by atoms with van der Waals surface area (Å²) < 4.78 is 16.5. The number of benzene rings is 2. The van der Waals surface area contributed by atoms with Gasteiger partial charge >= 0.3 is 0 Å². The Balaban J connectivity index is 1.55. The Morgan fingerprint density at radius 1 is 1.10 bits per heavy atom. The first-order chi connectivity index (χ1) is 14.5. The van der Waals surface area contributed by atoms with E-state index in [9.17, 15) is 4.79 Å². The van der Waals surface area contributed by atoms with Gasteiger partial charge in [-0.2, -0.15) is 0 Å². The van der Waals surface area contributed by atoms with E-state index in [0.29, 0.717) is 30.0 Å². The first kappa shape index (κ1) is 21.4. The Labute approximate surface area is 177 Å².